The molecule has 6 heteroatoms. The summed E-state index contributed by atoms with van der Waals surface area (Å²) in [6.07, 6.45) is 3.20. The number of rotatable bonds is 3. The molecule has 2 aromatic carbocycles. The minimum atomic E-state index is -0.822. The molecule has 1 saturated heterocycles. The molecule has 3 aromatic rings. The number of aliphatic hydroxyl groups is 1. The molecule has 1 N–H and O–H groups in total. The number of carbonyl (C=O) groups is 2. The van der Waals surface area contributed by atoms with Crippen LogP contribution < -0.4 is 4.90 Å². The molecule has 0 radical (unpaired) electrons. The second kappa shape index (κ2) is 7.76. The van der Waals surface area contributed by atoms with E-state index in [1.54, 1.807) is 54.9 Å². The Kier molecular flexibility index (Phi) is 5.14. The quantitative estimate of drug-likeness (QED) is 0.370. The number of benzene rings is 2. The van der Waals surface area contributed by atoms with Gasteiger partial charge in [0.05, 0.1) is 11.6 Å². The van der Waals surface area contributed by atoms with Crippen molar-refractivity contribution >= 4 is 34.7 Å². The first-order valence-electron chi connectivity index (χ1n) is 9.42. The van der Waals surface area contributed by atoms with Crippen LogP contribution >= 0.6 is 11.6 Å². The topological polar surface area (TPSA) is 70.5 Å². The second-order valence-electron chi connectivity index (χ2n) is 7.25. The van der Waals surface area contributed by atoms with Gasteiger partial charge in [-0.3, -0.25) is 19.5 Å². The highest BCUT2D eigenvalue weighted by molar-refractivity contribution is 6.51. The molecule has 1 aliphatic rings. The number of anilines is 1. The summed E-state index contributed by atoms with van der Waals surface area (Å²) in [5, 5.41) is 11.6. The number of ketones is 1. The predicted octanol–water partition coefficient (Wildman–Crippen LogP) is 4.98. The number of halogens is 1. The second-order valence-corrected chi connectivity index (χ2v) is 7.69. The van der Waals surface area contributed by atoms with Gasteiger partial charge in [0.1, 0.15) is 5.76 Å². The number of hydrogen-bond donors (Lipinski definition) is 1. The standard InChI is InChI=1S/C24H19ClN2O3/c1-14-8-9-15(2)19(11-14)22(28)20-21(16-5-4-10-26-13-16)27(24(30)23(20)29)18-7-3-6-17(25)12-18/h3-13,21,28H,1-2H3/b22-20+. The van der Waals surface area contributed by atoms with E-state index in [2.05, 4.69) is 4.98 Å². The smallest absolute Gasteiger partial charge is 0.300 e. The maximum atomic E-state index is 13.1. The Morgan fingerprint density at radius 3 is 2.57 bits per heavy atom. The van der Waals surface area contributed by atoms with E-state index in [1.165, 1.54) is 4.90 Å². The third kappa shape index (κ3) is 3.37. The molecule has 30 heavy (non-hydrogen) atoms. The maximum Gasteiger partial charge on any atom is 0.300 e. The van der Waals surface area contributed by atoms with E-state index < -0.39 is 17.7 Å². The molecule has 1 fully saturated rings. The van der Waals surface area contributed by atoms with Crippen LogP contribution in [0.1, 0.15) is 28.3 Å². The highest BCUT2D eigenvalue weighted by atomic mass is 35.5. The first-order valence-corrected chi connectivity index (χ1v) is 9.80. The summed E-state index contributed by atoms with van der Waals surface area (Å²) in [4.78, 5) is 31.7. The number of Topliss-reactive ketones (excluding diaryl/α,β-unsaturated/α-hetero) is 1. The monoisotopic (exact) mass is 418 g/mol. The van der Waals surface area contributed by atoms with Crippen LogP contribution in [0.2, 0.25) is 5.02 Å². The molecule has 5 nitrogen and oxygen atoms in total. The van der Waals surface area contributed by atoms with Crippen LogP contribution in [0, 0.1) is 13.8 Å². The summed E-state index contributed by atoms with van der Waals surface area (Å²) in [5.74, 6) is -1.67. The van der Waals surface area contributed by atoms with Gasteiger partial charge >= 0.3 is 0 Å². The fourth-order valence-corrected chi connectivity index (χ4v) is 3.90. The number of aliphatic hydroxyl groups excluding tert-OH is 1. The number of pyridine rings is 1. The zero-order valence-corrected chi connectivity index (χ0v) is 17.2. The fourth-order valence-electron chi connectivity index (χ4n) is 3.71. The van der Waals surface area contributed by atoms with Crippen molar-refractivity contribution in [2.75, 3.05) is 4.90 Å². The molecule has 1 amide bonds. The Morgan fingerprint density at radius 2 is 1.87 bits per heavy atom. The molecular weight excluding hydrogens is 400 g/mol. The molecule has 1 atom stereocenters. The van der Waals surface area contributed by atoms with Gasteiger partial charge < -0.3 is 5.11 Å². The van der Waals surface area contributed by atoms with Crippen molar-refractivity contribution in [3.8, 4) is 0 Å². The van der Waals surface area contributed by atoms with Crippen molar-refractivity contribution in [3.63, 3.8) is 0 Å². The van der Waals surface area contributed by atoms with Crippen LogP contribution in [0.4, 0.5) is 5.69 Å². The van der Waals surface area contributed by atoms with E-state index in [9.17, 15) is 14.7 Å². The summed E-state index contributed by atoms with van der Waals surface area (Å²) in [7, 11) is 0. The van der Waals surface area contributed by atoms with Crippen LogP contribution in [0.3, 0.4) is 0 Å². The third-order valence-electron chi connectivity index (χ3n) is 5.18. The van der Waals surface area contributed by atoms with Crippen molar-refractivity contribution in [1.29, 1.82) is 0 Å². The van der Waals surface area contributed by atoms with Crippen molar-refractivity contribution < 1.29 is 14.7 Å². The molecule has 1 aliphatic heterocycles. The van der Waals surface area contributed by atoms with Gasteiger partial charge in [-0.05, 0) is 55.3 Å². The van der Waals surface area contributed by atoms with Crippen molar-refractivity contribution in [2.24, 2.45) is 0 Å². The maximum absolute atomic E-state index is 13.1. The van der Waals surface area contributed by atoms with Gasteiger partial charge in [0.25, 0.3) is 11.7 Å². The van der Waals surface area contributed by atoms with Gasteiger partial charge in [-0.15, -0.1) is 0 Å². The molecule has 2 heterocycles. The molecule has 4 rings (SSSR count). The summed E-state index contributed by atoms with van der Waals surface area (Å²) < 4.78 is 0. The molecular formula is C24H19ClN2O3. The number of nitrogens with zero attached hydrogens (tertiary/aromatic N) is 2. The van der Waals surface area contributed by atoms with E-state index in [0.717, 1.165) is 11.1 Å². The molecule has 1 aromatic heterocycles. The van der Waals surface area contributed by atoms with E-state index in [1.807, 2.05) is 26.0 Å². The largest absolute Gasteiger partial charge is 0.507 e. The average molecular weight is 419 g/mol. The van der Waals surface area contributed by atoms with Crippen molar-refractivity contribution in [3.05, 3.63) is 99.8 Å². The number of hydrogen-bond acceptors (Lipinski definition) is 4. The Bertz CT molecular complexity index is 1190. The number of amides is 1. The van der Waals surface area contributed by atoms with E-state index in [0.29, 0.717) is 21.8 Å². The van der Waals surface area contributed by atoms with Crippen molar-refractivity contribution in [1.82, 2.24) is 4.98 Å². The molecule has 150 valence electrons. The molecule has 0 spiro atoms. The summed E-state index contributed by atoms with van der Waals surface area (Å²) in [5.41, 5.74) is 3.37. The Labute approximate surface area is 179 Å². The first kappa shape index (κ1) is 19.9. The average Bonchev–Trinajstić information content (AvgIpc) is 3.01. The van der Waals surface area contributed by atoms with Crippen LogP contribution in [-0.2, 0) is 9.59 Å². The Morgan fingerprint density at radius 1 is 1.07 bits per heavy atom. The Hall–Kier alpha value is -3.44. The van der Waals surface area contributed by atoms with E-state index >= 15 is 0 Å². The van der Waals surface area contributed by atoms with Gasteiger partial charge in [0, 0.05) is 28.7 Å². The minimum Gasteiger partial charge on any atom is -0.507 e. The van der Waals surface area contributed by atoms with E-state index in [4.69, 9.17) is 11.6 Å². The molecule has 1 unspecified atom stereocenters. The van der Waals surface area contributed by atoms with Crippen LogP contribution in [0.15, 0.2) is 72.6 Å². The fraction of sp³-hybridized carbons (Fsp3) is 0.125. The lowest BCUT2D eigenvalue weighted by Crippen LogP contribution is -2.29. The molecule has 0 aliphatic carbocycles. The van der Waals surface area contributed by atoms with Gasteiger partial charge in [0.15, 0.2) is 0 Å². The number of carbonyl (C=O) groups excluding carboxylic acids is 2. The first-order chi connectivity index (χ1) is 14.4. The minimum absolute atomic E-state index is 0.0293. The van der Waals surface area contributed by atoms with Gasteiger partial charge in [-0.1, -0.05) is 41.4 Å². The molecule has 0 bridgehead atoms. The Balaban J connectivity index is 1.98. The highest BCUT2D eigenvalue weighted by Crippen LogP contribution is 2.42. The van der Waals surface area contributed by atoms with Crippen LogP contribution in [0.25, 0.3) is 5.76 Å². The number of aromatic nitrogens is 1. The van der Waals surface area contributed by atoms with Gasteiger partial charge in [-0.2, -0.15) is 0 Å². The lowest BCUT2D eigenvalue weighted by Gasteiger charge is -2.25. The summed E-state index contributed by atoms with van der Waals surface area (Å²) in [6.45, 7) is 3.75. The lowest BCUT2D eigenvalue weighted by molar-refractivity contribution is -0.132. The zero-order chi connectivity index (χ0) is 21.4. The summed E-state index contributed by atoms with van der Waals surface area (Å²) >= 11 is 6.14. The SMILES string of the molecule is Cc1ccc(C)c(/C(O)=C2\C(=O)C(=O)N(c3cccc(Cl)c3)C2c2cccnc2)c1. The van der Waals surface area contributed by atoms with E-state index in [-0.39, 0.29) is 11.3 Å². The highest BCUT2D eigenvalue weighted by Gasteiger charge is 2.47. The van der Waals surface area contributed by atoms with Gasteiger partial charge in [0.2, 0.25) is 0 Å². The predicted molar refractivity (Wildman–Crippen MR) is 116 cm³/mol. The lowest BCUT2D eigenvalue weighted by atomic mass is 9.94. The van der Waals surface area contributed by atoms with Gasteiger partial charge in [-0.25, -0.2) is 0 Å². The third-order valence-corrected chi connectivity index (χ3v) is 5.41. The zero-order valence-electron chi connectivity index (χ0n) is 16.5. The van der Waals surface area contributed by atoms with Crippen molar-refractivity contribution in [2.45, 2.75) is 19.9 Å². The van der Waals surface area contributed by atoms with Crippen LogP contribution in [-0.4, -0.2) is 21.8 Å². The normalized spacial score (nSPS) is 18.1. The summed E-state index contributed by atoms with van der Waals surface area (Å²) in [6, 6.07) is 15.0. The van der Waals surface area contributed by atoms with Crippen LogP contribution in [0.5, 0.6) is 0 Å². The number of aryl methyl sites for hydroxylation is 2. The molecule has 0 saturated carbocycles.